The van der Waals surface area contributed by atoms with Gasteiger partial charge in [0, 0.05) is 10.3 Å². The minimum Gasteiger partial charge on any atom is -0.496 e. The second-order valence-corrected chi connectivity index (χ2v) is 4.80. The summed E-state index contributed by atoms with van der Waals surface area (Å²) in [6, 6.07) is 12.6. The zero-order valence-electron chi connectivity index (χ0n) is 9.69. The van der Waals surface area contributed by atoms with Gasteiger partial charge in [-0.1, -0.05) is 31.2 Å². The molecule has 0 fully saturated rings. The van der Waals surface area contributed by atoms with Crippen LogP contribution in [0.2, 0.25) is 0 Å². The summed E-state index contributed by atoms with van der Waals surface area (Å²) in [6.45, 7) is 2.21. The van der Waals surface area contributed by atoms with Crippen molar-refractivity contribution < 1.29 is 4.74 Å². The Morgan fingerprint density at radius 1 is 1.06 bits per heavy atom. The molecule has 2 aromatic rings. The van der Waals surface area contributed by atoms with Crippen LogP contribution in [0.1, 0.15) is 13.3 Å². The van der Waals surface area contributed by atoms with Gasteiger partial charge in [-0.25, -0.2) is 0 Å². The molecule has 0 aromatic heterocycles. The van der Waals surface area contributed by atoms with E-state index in [1.165, 1.54) is 22.1 Å². The van der Waals surface area contributed by atoms with E-state index in [-0.39, 0.29) is 0 Å². The highest BCUT2D eigenvalue weighted by Gasteiger charge is 2.05. The quantitative estimate of drug-likeness (QED) is 0.725. The van der Waals surface area contributed by atoms with Crippen LogP contribution >= 0.6 is 11.8 Å². The highest BCUT2D eigenvalue weighted by molar-refractivity contribution is 7.99. The molecule has 0 aliphatic rings. The Hall–Kier alpha value is -1.15. The van der Waals surface area contributed by atoms with E-state index in [2.05, 4.69) is 43.3 Å². The zero-order chi connectivity index (χ0) is 11.4. The van der Waals surface area contributed by atoms with E-state index in [1.807, 2.05) is 11.8 Å². The lowest BCUT2D eigenvalue weighted by Gasteiger charge is -2.09. The molecule has 0 radical (unpaired) electrons. The molecule has 0 aliphatic carbocycles. The molecule has 16 heavy (non-hydrogen) atoms. The van der Waals surface area contributed by atoms with Gasteiger partial charge in [0.1, 0.15) is 5.75 Å². The minimum absolute atomic E-state index is 0.955. The number of fused-ring (bicyclic) bond motifs is 1. The SMILES string of the molecule is CCCSc1ccc(OC)c2ccccc12. The maximum atomic E-state index is 5.38. The van der Waals surface area contributed by atoms with E-state index in [9.17, 15) is 0 Å². The maximum Gasteiger partial charge on any atom is 0.126 e. The number of hydrogen-bond donors (Lipinski definition) is 0. The van der Waals surface area contributed by atoms with Gasteiger partial charge >= 0.3 is 0 Å². The van der Waals surface area contributed by atoms with Gasteiger partial charge in [0.15, 0.2) is 0 Å². The Balaban J connectivity index is 2.51. The van der Waals surface area contributed by atoms with E-state index in [1.54, 1.807) is 7.11 Å². The van der Waals surface area contributed by atoms with Crippen LogP contribution in [-0.2, 0) is 0 Å². The largest absolute Gasteiger partial charge is 0.496 e. The fraction of sp³-hybridized carbons (Fsp3) is 0.286. The van der Waals surface area contributed by atoms with Gasteiger partial charge in [-0.3, -0.25) is 0 Å². The zero-order valence-corrected chi connectivity index (χ0v) is 10.5. The first-order valence-corrected chi connectivity index (χ1v) is 6.54. The van der Waals surface area contributed by atoms with Gasteiger partial charge in [0.2, 0.25) is 0 Å². The second kappa shape index (κ2) is 5.26. The first-order valence-electron chi connectivity index (χ1n) is 5.55. The van der Waals surface area contributed by atoms with E-state index < -0.39 is 0 Å². The van der Waals surface area contributed by atoms with E-state index in [0.717, 1.165) is 11.5 Å². The molecule has 0 saturated heterocycles. The first kappa shape index (κ1) is 11.3. The summed E-state index contributed by atoms with van der Waals surface area (Å²) < 4.78 is 5.38. The monoisotopic (exact) mass is 232 g/mol. The number of benzene rings is 2. The summed E-state index contributed by atoms with van der Waals surface area (Å²) in [6.07, 6.45) is 1.20. The second-order valence-electron chi connectivity index (χ2n) is 3.66. The van der Waals surface area contributed by atoms with Crippen LogP contribution in [0.25, 0.3) is 10.8 Å². The van der Waals surface area contributed by atoms with E-state index in [0.29, 0.717) is 0 Å². The molecular formula is C14H16OS. The van der Waals surface area contributed by atoms with Crippen LogP contribution in [0, 0.1) is 0 Å². The highest BCUT2D eigenvalue weighted by atomic mass is 32.2. The van der Waals surface area contributed by atoms with Gasteiger partial charge in [-0.15, -0.1) is 11.8 Å². The van der Waals surface area contributed by atoms with E-state index >= 15 is 0 Å². The van der Waals surface area contributed by atoms with Crippen LogP contribution in [0.5, 0.6) is 5.75 Å². The molecule has 2 rings (SSSR count). The average Bonchev–Trinajstić information content (AvgIpc) is 2.36. The molecule has 0 saturated carbocycles. The van der Waals surface area contributed by atoms with Crippen molar-refractivity contribution in [3.05, 3.63) is 36.4 Å². The summed E-state index contributed by atoms with van der Waals surface area (Å²) in [7, 11) is 1.72. The van der Waals surface area contributed by atoms with E-state index in [4.69, 9.17) is 4.74 Å². The normalized spacial score (nSPS) is 10.6. The summed E-state index contributed by atoms with van der Waals surface area (Å²) in [5.41, 5.74) is 0. The Kier molecular flexibility index (Phi) is 3.73. The third-order valence-corrected chi connectivity index (χ3v) is 3.81. The molecule has 0 heterocycles. The smallest absolute Gasteiger partial charge is 0.126 e. The van der Waals surface area contributed by atoms with Crippen molar-refractivity contribution in [1.29, 1.82) is 0 Å². The predicted octanol–water partition coefficient (Wildman–Crippen LogP) is 4.35. The lowest BCUT2D eigenvalue weighted by Crippen LogP contribution is -1.86. The highest BCUT2D eigenvalue weighted by Crippen LogP contribution is 2.33. The average molecular weight is 232 g/mol. The molecule has 0 aliphatic heterocycles. The summed E-state index contributed by atoms with van der Waals surface area (Å²) in [4.78, 5) is 1.35. The fourth-order valence-corrected chi connectivity index (χ4v) is 2.68. The van der Waals surface area contributed by atoms with Crippen LogP contribution in [-0.4, -0.2) is 12.9 Å². The molecule has 84 valence electrons. The molecule has 2 heteroatoms. The van der Waals surface area contributed by atoms with Crippen LogP contribution in [0.3, 0.4) is 0 Å². The van der Waals surface area contributed by atoms with Gasteiger partial charge in [-0.05, 0) is 29.7 Å². The fourth-order valence-electron chi connectivity index (χ4n) is 1.76. The standard InChI is InChI=1S/C14H16OS/c1-3-10-16-14-9-8-13(15-2)11-6-4-5-7-12(11)14/h4-9H,3,10H2,1-2H3. The van der Waals surface area contributed by atoms with Crippen molar-refractivity contribution in [3.8, 4) is 5.75 Å². The van der Waals surface area contributed by atoms with Crippen molar-refractivity contribution in [2.75, 3.05) is 12.9 Å². The number of rotatable bonds is 4. The Bertz CT molecular complexity index is 479. The van der Waals surface area contributed by atoms with Crippen molar-refractivity contribution in [2.24, 2.45) is 0 Å². The summed E-state index contributed by atoms with van der Waals surface area (Å²) in [5, 5.41) is 2.49. The third kappa shape index (κ3) is 2.17. The van der Waals surface area contributed by atoms with Crippen LogP contribution in [0.15, 0.2) is 41.3 Å². The molecule has 0 unspecified atom stereocenters. The van der Waals surface area contributed by atoms with Crippen LogP contribution in [0.4, 0.5) is 0 Å². The van der Waals surface area contributed by atoms with Gasteiger partial charge in [-0.2, -0.15) is 0 Å². The Morgan fingerprint density at radius 3 is 2.50 bits per heavy atom. The lowest BCUT2D eigenvalue weighted by molar-refractivity contribution is 0.419. The molecule has 0 atom stereocenters. The Morgan fingerprint density at radius 2 is 1.81 bits per heavy atom. The summed E-state index contributed by atoms with van der Waals surface area (Å²) in [5.74, 6) is 2.12. The Labute approximate surface area is 101 Å². The van der Waals surface area contributed by atoms with Crippen molar-refractivity contribution in [3.63, 3.8) is 0 Å². The number of methoxy groups -OCH3 is 1. The molecule has 2 aromatic carbocycles. The maximum absolute atomic E-state index is 5.38. The minimum atomic E-state index is 0.955. The summed E-state index contributed by atoms with van der Waals surface area (Å²) >= 11 is 1.91. The number of thioether (sulfide) groups is 1. The lowest BCUT2D eigenvalue weighted by atomic mass is 10.1. The van der Waals surface area contributed by atoms with Crippen molar-refractivity contribution in [2.45, 2.75) is 18.2 Å². The molecule has 0 spiro atoms. The van der Waals surface area contributed by atoms with Crippen molar-refractivity contribution >= 4 is 22.5 Å². The molecule has 0 N–H and O–H groups in total. The van der Waals surface area contributed by atoms with Gasteiger partial charge < -0.3 is 4.74 Å². The number of hydrogen-bond acceptors (Lipinski definition) is 2. The molecular weight excluding hydrogens is 216 g/mol. The number of ether oxygens (including phenoxy) is 1. The molecule has 0 bridgehead atoms. The van der Waals surface area contributed by atoms with Crippen LogP contribution < -0.4 is 4.74 Å². The first-order chi connectivity index (χ1) is 7.86. The molecule has 1 nitrogen and oxygen atoms in total. The van der Waals surface area contributed by atoms with Gasteiger partial charge in [0.25, 0.3) is 0 Å². The third-order valence-electron chi connectivity index (χ3n) is 2.53. The van der Waals surface area contributed by atoms with Crippen molar-refractivity contribution in [1.82, 2.24) is 0 Å². The topological polar surface area (TPSA) is 9.23 Å². The molecule has 0 amide bonds. The van der Waals surface area contributed by atoms with Gasteiger partial charge in [0.05, 0.1) is 7.11 Å². The predicted molar refractivity (Wildman–Crippen MR) is 71.5 cm³/mol.